The molecule has 1 unspecified atom stereocenters. The van der Waals surface area contributed by atoms with Gasteiger partial charge in [-0.15, -0.1) is 0 Å². The molecule has 23 heavy (non-hydrogen) atoms. The largest absolute Gasteiger partial charge is 0.298 e. The van der Waals surface area contributed by atoms with Crippen molar-refractivity contribution in [1.82, 2.24) is 15.1 Å². The molecule has 1 aromatic carbocycles. The summed E-state index contributed by atoms with van der Waals surface area (Å²) in [6, 6.07) is 7.24. The standard InChI is InChI=1S/C17H23N3O2S/c1-13-10-18-19-17(13)15-4-3-9-20(12-15)11-14-5-7-16(8-6-14)23(2,21)22/h5-8,10,15H,3-4,9,11-12H2,1-2H3,(H,18,19). The van der Waals surface area contributed by atoms with Crippen LogP contribution >= 0.6 is 0 Å². The van der Waals surface area contributed by atoms with Crippen molar-refractivity contribution in [2.45, 2.75) is 37.1 Å². The van der Waals surface area contributed by atoms with Crippen LogP contribution in [0.4, 0.5) is 0 Å². The fraction of sp³-hybridized carbons (Fsp3) is 0.471. The number of rotatable bonds is 4. The maximum atomic E-state index is 11.5. The third kappa shape index (κ3) is 3.82. The Morgan fingerprint density at radius 3 is 2.65 bits per heavy atom. The lowest BCUT2D eigenvalue weighted by molar-refractivity contribution is 0.198. The summed E-state index contributed by atoms with van der Waals surface area (Å²) in [5, 5.41) is 7.28. The third-order valence-electron chi connectivity index (χ3n) is 4.54. The zero-order valence-corrected chi connectivity index (χ0v) is 14.4. The first-order chi connectivity index (χ1) is 10.9. The topological polar surface area (TPSA) is 66.1 Å². The second kappa shape index (κ2) is 6.45. The quantitative estimate of drug-likeness (QED) is 0.933. The van der Waals surface area contributed by atoms with Crippen LogP contribution in [0.1, 0.15) is 35.6 Å². The van der Waals surface area contributed by atoms with E-state index in [4.69, 9.17) is 0 Å². The van der Waals surface area contributed by atoms with Gasteiger partial charge in [-0.3, -0.25) is 10.00 Å². The van der Waals surface area contributed by atoms with E-state index in [1.807, 2.05) is 18.3 Å². The second-order valence-corrected chi connectivity index (χ2v) is 8.47. The van der Waals surface area contributed by atoms with Crippen molar-refractivity contribution in [3.63, 3.8) is 0 Å². The molecule has 0 saturated carbocycles. The fourth-order valence-electron chi connectivity index (χ4n) is 3.30. The average molecular weight is 333 g/mol. The molecule has 0 bridgehead atoms. The number of benzene rings is 1. The molecule has 0 aliphatic carbocycles. The molecule has 124 valence electrons. The lowest BCUT2D eigenvalue weighted by Gasteiger charge is -2.32. The molecule has 1 aliphatic rings. The number of likely N-dealkylation sites (tertiary alicyclic amines) is 1. The van der Waals surface area contributed by atoms with E-state index in [1.54, 1.807) is 12.1 Å². The number of nitrogens with zero attached hydrogens (tertiary/aromatic N) is 2. The number of piperidine rings is 1. The Bertz CT molecular complexity index is 765. The molecule has 1 aliphatic heterocycles. The first-order valence-electron chi connectivity index (χ1n) is 7.94. The smallest absolute Gasteiger partial charge is 0.175 e. The molecule has 5 nitrogen and oxygen atoms in total. The van der Waals surface area contributed by atoms with Crippen molar-refractivity contribution in [3.8, 4) is 0 Å². The van der Waals surface area contributed by atoms with Crippen LogP contribution in [-0.4, -0.2) is 42.9 Å². The number of aryl methyl sites for hydroxylation is 1. The van der Waals surface area contributed by atoms with Gasteiger partial charge < -0.3 is 0 Å². The number of sulfone groups is 1. The van der Waals surface area contributed by atoms with E-state index in [0.717, 1.165) is 25.2 Å². The maximum absolute atomic E-state index is 11.5. The highest BCUT2D eigenvalue weighted by molar-refractivity contribution is 7.90. The van der Waals surface area contributed by atoms with E-state index < -0.39 is 9.84 Å². The highest BCUT2D eigenvalue weighted by Gasteiger charge is 2.23. The first kappa shape index (κ1) is 16.2. The van der Waals surface area contributed by atoms with Crippen molar-refractivity contribution in [3.05, 3.63) is 47.3 Å². The minimum Gasteiger partial charge on any atom is -0.298 e. The van der Waals surface area contributed by atoms with E-state index in [-0.39, 0.29) is 0 Å². The third-order valence-corrected chi connectivity index (χ3v) is 5.67. The van der Waals surface area contributed by atoms with E-state index in [1.165, 1.54) is 30.4 Å². The molecule has 0 amide bonds. The van der Waals surface area contributed by atoms with Crippen LogP contribution in [0, 0.1) is 6.92 Å². The molecule has 3 rings (SSSR count). The van der Waals surface area contributed by atoms with Gasteiger partial charge in [-0.1, -0.05) is 12.1 Å². The van der Waals surface area contributed by atoms with Gasteiger partial charge in [0.05, 0.1) is 11.1 Å². The van der Waals surface area contributed by atoms with Crippen molar-refractivity contribution in [2.75, 3.05) is 19.3 Å². The zero-order valence-electron chi connectivity index (χ0n) is 13.6. The Hall–Kier alpha value is -1.66. The van der Waals surface area contributed by atoms with E-state index >= 15 is 0 Å². The predicted molar refractivity (Wildman–Crippen MR) is 90.1 cm³/mol. The van der Waals surface area contributed by atoms with Gasteiger partial charge in [-0.2, -0.15) is 5.10 Å². The van der Waals surface area contributed by atoms with Crippen LogP contribution in [0.25, 0.3) is 0 Å². The minimum atomic E-state index is -3.12. The summed E-state index contributed by atoms with van der Waals surface area (Å²) < 4.78 is 23.0. The van der Waals surface area contributed by atoms with E-state index in [2.05, 4.69) is 22.0 Å². The monoisotopic (exact) mass is 333 g/mol. The summed E-state index contributed by atoms with van der Waals surface area (Å²) in [6.07, 6.45) is 5.49. The highest BCUT2D eigenvalue weighted by atomic mass is 32.2. The van der Waals surface area contributed by atoms with Gasteiger partial charge in [-0.05, 0) is 49.6 Å². The molecular formula is C17H23N3O2S. The molecular weight excluding hydrogens is 310 g/mol. The molecule has 2 aromatic rings. The average Bonchev–Trinajstić information content (AvgIpc) is 2.93. The Balaban J connectivity index is 1.67. The second-order valence-electron chi connectivity index (χ2n) is 6.46. The summed E-state index contributed by atoms with van der Waals surface area (Å²) in [7, 11) is -3.12. The molecule has 1 saturated heterocycles. The van der Waals surface area contributed by atoms with Gasteiger partial charge in [0.2, 0.25) is 0 Å². The van der Waals surface area contributed by atoms with Gasteiger partial charge in [-0.25, -0.2) is 8.42 Å². The molecule has 0 radical (unpaired) electrons. The normalized spacial score (nSPS) is 19.8. The summed E-state index contributed by atoms with van der Waals surface area (Å²) in [5.74, 6) is 0.501. The Labute approximate surface area is 137 Å². The van der Waals surface area contributed by atoms with Crippen LogP contribution in [-0.2, 0) is 16.4 Å². The Kier molecular flexibility index (Phi) is 4.55. The van der Waals surface area contributed by atoms with Gasteiger partial charge in [0.15, 0.2) is 9.84 Å². The molecule has 1 fully saturated rings. The molecule has 1 atom stereocenters. The van der Waals surface area contributed by atoms with Crippen molar-refractivity contribution in [2.24, 2.45) is 0 Å². The van der Waals surface area contributed by atoms with Gasteiger partial charge >= 0.3 is 0 Å². The van der Waals surface area contributed by atoms with E-state index in [9.17, 15) is 8.42 Å². The maximum Gasteiger partial charge on any atom is 0.175 e. The minimum absolute atomic E-state index is 0.380. The molecule has 1 aromatic heterocycles. The highest BCUT2D eigenvalue weighted by Crippen LogP contribution is 2.28. The van der Waals surface area contributed by atoms with E-state index in [0.29, 0.717) is 10.8 Å². The summed E-state index contributed by atoms with van der Waals surface area (Å²) >= 11 is 0. The molecule has 1 N–H and O–H groups in total. The van der Waals surface area contributed by atoms with Crippen LogP contribution in [0.3, 0.4) is 0 Å². The van der Waals surface area contributed by atoms with Crippen LogP contribution < -0.4 is 0 Å². The molecule has 0 spiro atoms. The van der Waals surface area contributed by atoms with Crippen LogP contribution in [0.2, 0.25) is 0 Å². The van der Waals surface area contributed by atoms with Gasteiger partial charge in [0.25, 0.3) is 0 Å². The summed E-state index contributed by atoms with van der Waals surface area (Å²) in [4.78, 5) is 2.81. The van der Waals surface area contributed by atoms with Crippen molar-refractivity contribution >= 4 is 9.84 Å². The van der Waals surface area contributed by atoms with Crippen molar-refractivity contribution < 1.29 is 8.42 Å². The number of H-pyrrole nitrogens is 1. The number of aromatic amines is 1. The lowest BCUT2D eigenvalue weighted by Crippen LogP contribution is -2.34. The number of aromatic nitrogens is 2. The molecule has 6 heteroatoms. The summed E-state index contributed by atoms with van der Waals surface area (Å²) in [6.45, 7) is 5.05. The van der Waals surface area contributed by atoms with Crippen LogP contribution in [0.5, 0.6) is 0 Å². The zero-order chi connectivity index (χ0) is 16.4. The number of hydrogen-bond donors (Lipinski definition) is 1. The van der Waals surface area contributed by atoms with Crippen molar-refractivity contribution in [1.29, 1.82) is 0 Å². The Morgan fingerprint density at radius 2 is 2.04 bits per heavy atom. The lowest BCUT2D eigenvalue weighted by atomic mass is 9.92. The SMILES string of the molecule is Cc1cn[nH]c1C1CCCN(Cc2ccc(S(C)(=O)=O)cc2)C1. The Morgan fingerprint density at radius 1 is 1.30 bits per heavy atom. The summed E-state index contributed by atoms with van der Waals surface area (Å²) in [5.41, 5.74) is 3.64. The van der Waals surface area contributed by atoms with Crippen LogP contribution in [0.15, 0.2) is 35.4 Å². The molecule has 2 heterocycles. The predicted octanol–water partition coefficient (Wildman–Crippen LogP) is 2.50. The number of nitrogens with one attached hydrogen (secondary N) is 1. The first-order valence-corrected chi connectivity index (χ1v) is 9.84. The van der Waals surface area contributed by atoms with Gasteiger partial charge in [0, 0.05) is 31.0 Å². The fourth-order valence-corrected chi connectivity index (χ4v) is 3.94. The number of hydrogen-bond acceptors (Lipinski definition) is 4. The van der Waals surface area contributed by atoms with Gasteiger partial charge in [0.1, 0.15) is 0 Å².